The molecule has 0 spiro atoms. The highest BCUT2D eigenvalue weighted by atomic mass is 16.6. The van der Waals surface area contributed by atoms with Crippen molar-refractivity contribution in [1.82, 2.24) is 14.9 Å². The standard InChI is InChI=1S/C28H35N5O5/c1-18-20(31-26(36)38-27(2,3)4)11-12-21-22(18)23(34)37-25(30-21)32-28(13-7-6-8-14-28)24(35)33(5)17-19-10-9-15-29-16-19/h9-12,15-16H,6-8,13-14,17H2,1-5H3,(H,30,32)(H,31,36). The first-order valence-electron chi connectivity index (χ1n) is 12.8. The van der Waals surface area contributed by atoms with Gasteiger partial charge in [0.2, 0.25) is 5.91 Å². The van der Waals surface area contributed by atoms with E-state index >= 15 is 0 Å². The second kappa shape index (κ2) is 10.8. The minimum Gasteiger partial charge on any atom is -0.444 e. The Labute approximate surface area is 221 Å². The second-order valence-corrected chi connectivity index (χ2v) is 10.9. The van der Waals surface area contributed by atoms with E-state index < -0.39 is 22.9 Å². The Morgan fingerprint density at radius 3 is 2.55 bits per heavy atom. The molecule has 202 valence electrons. The summed E-state index contributed by atoms with van der Waals surface area (Å²) in [6.07, 6.45) is 6.79. The Morgan fingerprint density at radius 2 is 1.89 bits per heavy atom. The van der Waals surface area contributed by atoms with Gasteiger partial charge in [-0.25, -0.2) is 9.59 Å². The van der Waals surface area contributed by atoms with E-state index in [4.69, 9.17) is 9.15 Å². The highest BCUT2D eigenvalue weighted by molar-refractivity contribution is 5.93. The number of hydrogen-bond donors (Lipinski definition) is 2. The average Bonchev–Trinajstić information content (AvgIpc) is 2.85. The molecule has 0 saturated heterocycles. The number of ether oxygens (including phenoxy) is 1. The predicted octanol–water partition coefficient (Wildman–Crippen LogP) is 5.01. The number of aromatic nitrogens is 2. The Balaban J connectivity index is 1.61. The van der Waals surface area contributed by atoms with Gasteiger partial charge in [-0.1, -0.05) is 25.3 Å². The quantitative estimate of drug-likeness (QED) is 0.463. The molecule has 1 aliphatic carbocycles. The minimum atomic E-state index is -0.931. The van der Waals surface area contributed by atoms with Gasteiger partial charge in [0.15, 0.2) is 0 Å². The van der Waals surface area contributed by atoms with Crippen molar-refractivity contribution in [3.05, 3.63) is 58.2 Å². The lowest BCUT2D eigenvalue weighted by Gasteiger charge is -2.39. The number of fused-ring (bicyclic) bond motifs is 1. The molecule has 1 aliphatic rings. The molecule has 2 N–H and O–H groups in total. The van der Waals surface area contributed by atoms with Gasteiger partial charge in [-0.15, -0.1) is 0 Å². The molecule has 0 atom stereocenters. The van der Waals surface area contributed by atoms with E-state index in [2.05, 4.69) is 20.6 Å². The number of anilines is 2. The molecular weight excluding hydrogens is 486 g/mol. The van der Waals surface area contributed by atoms with Crippen LogP contribution in [0, 0.1) is 6.92 Å². The van der Waals surface area contributed by atoms with Crippen LogP contribution in [0.2, 0.25) is 0 Å². The van der Waals surface area contributed by atoms with E-state index in [-0.39, 0.29) is 17.3 Å². The van der Waals surface area contributed by atoms with Gasteiger partial charge in [-0.2, -0.15) is 4.98 Å². The van der Waals surface area contributed by atoms with E-state index in [0.717, 1.165) is 24.8 Å². The Bertz CT molecular complexity index is 1370. The van der Waals surface area contributed by atoms with Crippen LogP contribution in [-0.4, -0.2) is 45.1 Å². The summed E-state index contributed by atoms with van der Waals surface area (Å²) in [5, 5.41) is 6.14. The van der Waals surface area contributed by atoms with Crippen molar-refractivity contribution in [1.29, 1.82) is 0 Å². The zero-order valence-electron chi connectivity index (χ0n) is 22.6. The Kier molecular flexibility index (Phi) is 7.71. The van der Waals surface area contributed by atoms with Crippen molar-refractivity contribution < 1.29 is 18.7 Å². The van der Waals surface area contributed by atoms with Crippen molar-refractivity contribution in [2.45, 2.75) is 77.5 Å². The van der Waals surface area contributed by atoms with E-state index in [1.54, 1.807) is 64.2 Å². The fourth-order valence-corrected chi connectivity index (χ4v) is 4.88. The third-order valence-electron chi connectivity index (χ3n) is 6.65. The number of hydrogen-bond acceptors (Lipinski definition) is 8. The first-order valence-corrected chi connectivity index (χ1v) is 12.8. The van der Waals surface area contributed by atoms with E-state index in [9.17, 15) is 14.4 Å². The normalized spacial score (nSPS) is 15.1. The number of nitrogens with one attached hydrogen (secondary N) is 2. The van der Waals surface area contributed by atoms with Gasteiger partial charge in [0.1, 0.15) is 11.1 Å². The van der Waals surface area contributed by atoms with Crippen LogP contribution in [-0.2, 0) is 16.1 Å². The summed E-state index contributed by atoms with van der Waals surface area (Å²) >= 11 is 0. The summed E-state index contributed by atoms with van der Waals surface area (Å²) in [5.41, 5.74) is 0.0746. The molecule has 1 fully saturated rings. The molecule has 10 nitrogen and oxygen atoms in total. The zero-order chi connectivity index (χ0) is 27.5. The molecule has 1 aromatic carbocycles. The molecule has 38 heavy (non-hydrogen) atoms. The molecule has 0 unspecified atom stereocenters. The maximum absolute atomic E-state index is 13.7. The molecule has 4 rings (SSSR count). The molecule has 2 aromatic heterocycles. The maximum atomic E-state index is 13.7. The van der Waals surface area contributed by atoms with Gasteiger partial charge in [-0.3, -0.25) is 15.1 Å². The topological polar surface area (TPSA) is 127 Å². The first kappa shape index (κ1) is 27.1. The highest BCUT2D eigenvalue weighted by Crippen LogP contribution is 2.34. The number of aryl methyl sites for hydroxylation is 1. The van der Waals surface area contributed by atoms with Crippen molar-refractivity contribution in [2.24, 2.45) is 0 Å². The highest BCUT2D eigenvalue weighted by Gasteiger charge is 2.42. The zero-order valence-corrected chi connectivity index (χ0v) is 22.6. The van der Waals surface area contributed by atoms with Gasteiger partial charge < -0.3 is 19.4 Å². The molecule has 2 heterocycles. The number of nitrogens with zero attached hydrogens (tertiary/aromatic N) is 3. The molecule has 2 amide bonds. The average molecular weight is 522 g/mol. The van der Waals surface area contributed by atoms with Crippen LogP contribution < -0.4 is 16.3 Å². The summed E-state index contributed by atoms with van der Waals surface area (Å²) in [5.74, 6) is -0.0845. The van der Waals surface area contributed by atoms with Crippen molar-refractivity contribution in [3.8, 4) is 0 Å². The number of benzene rings is 1. The summed E-state index contributed by atoms with van der Waals surface area (Å²) in [6.45, 7) is 7.44. The van der Waals surface area contributed by atoms with E-state index in [1.807, 2.05) is 12.1 Å². The number of amides is 2. The van der Waals surface area contributed by atoms with Gasteiger partial charge in [-0.05, 0) is 69.9 Å². The fourth-order valence-electron chi connectivity index (χ4n) is 4.88. The van der Waals surface area contributed by atoms with Crippen molar-refractivity contribution >= 4 is 34.6 Å². The van der Waals surface area contributed by atoms with E-state index in [0.29, 0.717) is 36.2 Å². The first-order chi connectivity index (χ1) is 18.0. The number of rotatable bonds is 6. The molecule has 0 aliphatic heterocycles. The molecule has 0 bridgehead atoms. The molecule has 0 radical (unpaired) electrons. The lowest BCUT2D eigenvalue weighted by Crippen LogP contribution is -2.54. The van der Waals surface area contributed by atoms with Crippen molar-refractivity contribution in [3.63, 3.8) is 0 Å². The largest absolute Gasteiger partial charge is 0.444 e. The number of likely N-dealkylation sites (N-methyl/N-ethyl adjacent to an activating group) is 1. The minimum absolute atomic E-state index is 0.000204. The lowest BCUT2D eigenvalue weighted by atomic mass is 9.80. The number of carbonyl (C=O) groups is 2. The maximum Gasteiger partial charge on any atom is 0.412 e. The van der Waals surface area contributed by atoms with Crippen LogP contribution in [0.4, 0.5) is 16.5 Å². The fraction of sp³-hybridized carbons (Fsp3) is 0.464. The van der Waals surface area contributed by atoms with Gasteiger partial charge in [0, 0.05) is 31.7 Å². The van der Waals surface area contributed by atoms with Crippen LogP contribution in [0.15, 0.2) is 45.9 Å². The summed E-state index contributed by atoms with van der Waals surface area (Å²) in [4.78, 5) is 49.4. The molecule has 10 heteroatoms. The van der Waals surface area contributed by atoms with Gasteiger partial charge >= 0.3 is 11.7 Å². The van der Waals surface area contributed by atoms with Gasteiger partial charge in [0.05, 0.1) is 10.9 Å². The number of pyridine rings is 1. The number of carbonyl (C=O) groups excluding carboxylic acids is 2. The van der Waals surface area contributed by atoms with Crippen LogP contribution in [0.25, 0.3) is 10.9 Å². The third-order valence-corrected chi connectivity index (χ3v) is 6.65. The summed E-state index contributed by atoms with van der Waals surface area (Å²) in [6, 6.07) is 7.07. The molecule has 1 saturated carbocycles. The summed E-state index contributed by atoms with van der Waals surface area (Å²) < 4.78 is 10.9. The third kappa shape index (κ3) is 6.12. The van der Waals surface area contributed by atoms with Crippen LogP contribution in [0.5, 0.6) is 0 Å². The smallest absolute Gasteiger partial charge is 0.412 e. The Morgan fingerprint density at radius 1 is 1.16 bits per heavy atom. The lowest BCUT2D eigenvalue weighted by molar-refractivity contribution is -0.136. The monoisotopic (exact) mass is 521 g/mol. The van der Waals surface area contributed by atoms with Crippen LogP contribution >= 0.6 is 0 Å². The van der Waals surface area contributed by atoms with E-state index in [1.165, 1.54) is 0 Å². The second-order valence-electron chi connectivity index (χ2n) is 10.9. The van der Waals surface area contributed by atoms with Gasteiger partial charge in [0.25, 0.3) is 6.01 Å². The molecule has 3 aromatic rings. The van der Waals surface area contributed by atoms with Crippen molar-refractivity contribution in [2.75, 3.05) is 17.7 Å². The Hall–Kier alpha value is -3.95. The summed E-state index contributed by atoms with van der Waals surface area (Å²) in [7, 11) is 1.76. The SMILES string of the molecule is Cc1c(NC(=O)OC(C)(C)C)ccc2nc(NC3(C(=O)N(C)Cc4cccnc4)CCCCC3)oc(=O)c12. The molecular formula is C28H35N5O5. The predicted molar refractivity (Wildman–Crippen MR) is 145 cm³/mol. The van der Waals surface area contributed by atoms with Crippen LogP contribution in [0.1, 0.15) is 64.0 Å². The van der Waals surface area contributed by atoms with Crippen LogP contribution in [0.3, 0.4) is 0 Å².